The van der Waals surface area contributed by atoms with Crippen molar-refractivity contribution in [2.45, 2.75) is 77.7 Å². The van der Waals surface area contributed by atoms with E-state index in [1.807, 2.05) is 7.76 Å². The zero-order valence-electron chi connectivity index (χ0n) is 18.2. The van der Waals surface area contributed by atoms with Crippen LogP contribution in [0.2, 0.25) is 10.5 Å². The molecule has 0 aliphatic heterocycles. The smallest absolute Gasteiger partial charge is 0.147 e. The van der Waals surface area contributed by atoms with E-state index in [4.69, 9.17) is 0 Å². The summed E-state index contributed by atoms with van der Waals surface area (Å²) in [6.07, 6.45) is 10.1. The molecule has 26 heavy (non-hydrogen) atoms. The molecule has 150 valence electrons. The minimum atomic E-state index is -2.76. The predicted octanol–water partition coefficient (Wildman–Crippen LogP) is 7.46. The third-order valence-electron chi connectivity index (χ3n) is 5.88. The molecule has 0 unspecified atom stereocenters. The van der Waals surface area contributed by atoms with Crippen LogP contribution in [0.15, 0.2) is 42.2 Å². The van der Waals surface area contributed by atoms with Crippen LogP contribution >= 0.6 is 24.8 Å². The summed E-state index contributed by atoms with van der Waals surface area (Å²) in [5, 5.41) is 5.34. The third-order valence-corrected chi connectivity index (χ3v) is 17.2. The van der Waals surface area contributed by atoms with Gasteiger partial charge in [0.15, 0.2) is 0 Å². The Balaban J connectivity index is 0.00000312. The standard InChI is InChI=1S/2C10H15.2CH3.2ClH.H2Si.Ti/c2*1-8(2)6-10-5-4-9(3)7-10;;;;;;/h2*7-8H,5-6H2,1-3H3;2*1H3;2*1H;1H2;. The van der Waals surface area contributed by atoms with Crippen LogP contribution in [-0.4, -0.2) is 7.63 Å². The van der Waals surface area contributed by atoms with Crippen molar-refractivity contribution < 1.29 is 14.0 Å². The molecule has 2 aliphatic carbocycles. The van der Waals surface area contributed by atoms with Gasteiger partial charge in [-0.05, 0) is 0 Å². The Morgan fingerprint density at radius 3 is 1.38 bits per heavy atom. The minimum absolute atomic E-state index is 0. The van der Waals surface area contributed by atoms with E-state index in [9.17, 15) is 0 Å². The molecule has 0 aromatic heterocycles. The molecule has 0 radical (unpaired) electrons. The van der Waals surface area contributed by atoms with Crippen molar-refractivity contribution in [3.8, 4) is 0 Å². The van der Waals surface area contributed by atoms with Crippen molar-refractivity contribution in [1.82, 2.24) is 0 Å². The minimum Gasteiger partial charge on any atom is -0.147 e. The summed E-state index contributed by atoms with van der Waals surface area (Å²) in [5.74, 6) is 1.53. The summed E-state index contributed by atoms with van der Waals surface area (Å²) in [4.78, 5) is 0. The molecule has 0 spiro atoms. The largest absolute Gasteiger partial charge is 0.147 e. The second-order valence-corrected chi connectivity index (χ2v) is 29.2. The van der Waals surface area contributed by atoms with Crippen molar-refractivity contribution in [1.29, 1.82) is 0 Å². The first kappa shape index (κ1) is 26.5. The molecule has 0 aromatic rings. The van der Waals surface area contributed by atoms with Crippen molar-refractivity contribution >= 4 is 32.4 Å². The summed E-state index contributed by atoms with van der Waals surface area (Å²) >= 11 is -2.76. The molecular weight excluding hydrogens is 411 g/mol. The monoisotopic (exact) mass is 450 g/mol. The zero-order valence-corrected chi connectivity index (χ0v) is 22.8. The molecular formula is C22H40Cl2SiTi. The van der Waals surface area contributed by atoms with Crippen LogP contribution < -0.4 is 0 Å². The van der Waals surface area contributed by atoms with E-state index in [-0.39, 0.29) is 24.8 Å². The van der Waals surface area contributed by atoms with Crippen LogP contribution in [0.1, 0.15) is 67.2 Å². The van der Waals surface area contributed by atoms with E-state index in [1.165, 1.54) is 25.7 Å². The molecule has 0 aromatic carbocycles. The van der Waals surface area contributed by atoms with Crippen LogP contribution in [-0.2, 0) is 14.0 Å². The summed E-state index contributed by atoms with van der Waals surface area (Å²) in [7, 11) is 2.40. The molecule has 0 N–H and O–H groups in total. The maximum absolute atomic E-state index is 2.76. The van der Waals surface area contributed by atoms with Crippen LogP contribution in [0.4, 0.5) is 0 Å². The van der Waals surface area contributed by atoms with Crippen molar-refractivity contribution in [3.05, 3.63) is 42.2 Å². The molecule has 0 saturated heterocycles. The van der Waals surface area contributed by atoms with E-state index in [0.717, 1.165) is 11.8 Å². The molecule has 0 fully saturated rings. The quantitative estimate of drug-likeness (QED) is 0.368. The first-order valence-corrected chi connectivity index (χ1v) is 18.5. The van der Waals surface area contributed by atoms with Crippen LogP contribution in [0.5, 0.6) is 0 Å². The number of hydrogen-bond donors (Lipinski definition) is 0. The first-order valence-electron chi connectivity index (χ1n) is 9.76. The van der Waals surface area contributed by atoms with Gasteiger partial charge in [0.1, 0.15) is 0 Å². The Bertz CT molecular complexity index is 671. The summed E-state index contributed by atoms with van der Waals surface area (Å²) in [6.45, 7) is 14.1. The first-order chi connectivity index (χ1) is 10.9. The van der Waals surface area contributed by atoms with Crippen molar-refractivity contribution in [3.63, 3.8) is 0 Å². The van der Waals surface area contributed by atoms with Gasteiger partial charge in [0, 0.05) is 0 Å². The topological polar surface area (TPSA) is 0 Å². The number of allylic oxidation sites excluding steroid dienone is 8. The molecule has 2 rings (SSSR count). The molecule has 2 aliphatic rings. The fraction of sp³-hybridized carbons (Fsp3) is 0.636. The third kappa shape index (κ3) is 5.74. The van der Waals surface area contributed by atoms with Gasteiger partial charge in [-0.15, -0.1) is 24.8 Å². The zero-order chi connectivity index (χ0) is 18.3. The van der Waals surface area contributed by atoms with Gasteiger partial charge in [0.05, 0.1) is 0 Å². The second-order valence-electron chi connectivity index (χ2n) is 10.2. The number of rotatable bonds is 6. The Morgan fingerprint density at radius 1 is 0.808 bits per heavy atom. The van der Waals surface area contributed by atoms with Gasteiger partial charge in [0.2, 0.25) is 0 Å². The fourth-order valence-corrected chi connectivity index (χ4v) is 15.5. The Morgan fingerprint density at radius 2 is 1.12 bits per heavy atom. The van der Waals surface area contributed by atoms with Crippen LogP contribution in [0, 0.1) is 11.8 Å². The summed E-state index contributed by atoms with van der Waals surface area (Å²) in [5.41, 5.74) is 6.55. The SMILES string of the molecule is CC1=[C]([Ti]([CH3])([CH3])(=[SiH2])[C]2=C(C)C=C(CC(C)C)C2)CC(CC(C)C)=C1.Cl.Cl. The van der Waals surface area contributed by atoms with Crippen molar-refractivity contribution in [2.75, 3.05) is 0 Å². The van der Waals surface area contributed by atoms with Gasteiger partial charge >= 0.3 is 153 Å². The Kier molecular flexibility index (Phi) is 9.48. The molecule has 0 amide bonds. The maximum atomic E-state index is 2.67. The fourth-order valence-electron chi connectivity index (χ4n) is 4.95. The van der Waals surface area contributed by atoms with Gasteiger partial charge in [-0.25, -0.2) is 0 Å². The molecule has 4 heteroatoms. The molecule has 0 nitrogen and oxygen atoms in total. The van der Waals surface area contributed by atoms with E-state index in [0.29, 0.717) is 0 Å². The number of halogens is 2. The van der Waals surface area contributed by atoms with Gasteiger partial charge in [-0.2, -0.15) is 0 Å². The van der Waals surface area contributed by atoms with Gasteiger partial charge in [0.25, 0.3) is 0 Å². The number of hydrogen-bond acceptors (Lipinski definition) is 0. The van der Waals surface area contributed by atoms with E-state index < -0.39 is 14.0 Å². The molecule has 0 bridgehead atoms. The normalized spacial score (nSPS) is 18.3. The van der Waals surface area contributed by atoms with E-state index in [1.54, 1.807) is 22.3 Å². The van der Waals surface area contributed by atoms with Crippen LogP contribution in [0.3, 0.4) is 0 Å². The van der Waals surface area contributed by atoms with Crippen molar-refractivity contribution in [2.24, 2.45) is 11.8 Å². The molecule has 0 atom stereocenters. The summed E-state index contributed by atoms with van der Waals surface area (Å²) < 4.78 is 3.68. The summed E-state index contributed by atoms with van der Waals surface area (Å²) in [6, 6.07) is 0. The average Bonchev–Trinajstić information content (AvgIpc) is 2.92. The van der Waals surface area contributed by atoms with Gasteiger partial charge < -0.3 is 0 Å². The molecule has 0 heterocycles. The maximum Gasteiger partial charge on any atom is -0.147 e. The van der Waals surface area contributed by atoms with Gasteiger partial charge in [-0.1, -0.05) is 0 Å². The predicted molar refractivity (Wildman–Crippen MR) is 124 cm³/mol. The average molecular weight is 451 g/mol. The Hall–Kier alpha value is 0.471. The van der Waals surface area contributed by atoms with E-state index >= 15 is 0 Å². The second kappa shape index (κ2) is 9.31. The van der Waals surface area contributed by atoms with Crippen LogP contribution in [0.25, 0.3) is 0 Å². The Labute approximate surface area is 177 Å². The molecule has 0 saturated carbocycles. The van der Waals surface area contributed by atoms with Gasteiger partial charge in [-0.3, -0.25) is 0 Å². The van der Waals surface area contributed by atoms with E-state index in [2.05, 4.69) is 71.8 Å².